The number of ether oxygens (including phenoxy) is 2. The first-order valence-corrected chi connectivity index (χ1v) is 11.2. The summed E-state index contributed by atoms with van der Waals surface area (Å²) in [6.45, 7) is 2.90. The van der Waals surface area contributed by atoms with Gasteiger partial charge in [-0.25, -0.2) is 8.42 Å². The molecule has 1 N–H and O–H groups in total. The first-order chi connectivity index (χ1) is 12.8. The molecule has 1 aliphatic carbocycles. The molecule has 0 spiro atoms. The van der Waals surface area contributed by atoms with E-state index in [9.17, 15) is 13.2 Å². The highest BCUT2D eigenvalue weighted by molar-refractivity contribution is 7.92. The van der Waals surface area contributed by atoms with E-state index in [1.54, 1.807) is 31.2 Å². The number of anilines is 1. The molecule has 1 aliphatic rings. The summed E-state index contributed by atoms with van der Waals surface area (Å²) in [4.78, 5) is 12.1. The van der Waals surface area contributed by atoms with E-state index in [2.05, 4.69) is 5.32 Å². The summed E-state index contributed by atoms with van der Waals surface area (Å²) >= 11 is 0. The van der Waals surface area contributed by atoms with Crippen LogP contribution in [0, 0.1) is 0 Å². The van der Waals surface area contributed by atoms with Crippen molar-refractivity contribution in [2.24, 2.45) is 0 Å². The van der Waals surface area contributed by atoms with Crippen LogP contribution in [0.5, 0.6) is 5.75 Å². The maximum Gasteiger partial charge on any atom is 0.260 e. The fourth-order valence-corrected chi connectivity index (χ4v) is 3.42. The number of nitrogens with zero attached hydrogens (tertiary/aromatic N) is 1. The van der Waals surface area contributed by atoms with Gasteiger partial charge in [0.2, 0.25) is 10.0 Å². The molecule has 1 fully saturated rings. The van der Waals surface area contributed by atoms with E-state index in [4.69, 9.17) is 9.47 Å². The predicted octanol–water partition coefficient (Wildman–Crippen LogP) is 2.32. The number of sulfonamides is 1. The van der Waals surface area contributed by atoms with Crippen molar-refractivity contribution >= 4 is 21.6 Å². The van der Waals surface area contributed by atoms with Gasteiger partial charge in [0, 0.05) is 20.2 Å². The number of carbonyl (C=O) groups is 1. The lowest BCUT2D eigenvalue weighted by atomic mass is 10.3. The molecule has 1 atom stereocenters. The van der Waals surface area contributed by atoms with E-state index in [1.165, 1.54) is 24.2 Å². The number of rotatable bonds is 10. The number of amides is 1. The van der Waals surface area contributed by atoms with Gasteiger partial charge in [-0.2, -0.15) is 0 Å². The third-order valence-corrected chi connectivity index (χ3v) is 5.86. The molecule has 7 nitrogen and oxygen atoms in total. The van der Waals surface area contributed by atoms with Gasteiger partial charge in [-0.3, -0.25) is 9.10 Å². The second-order valence-corrected chi connectivity index (χ2v) is 8.92. The molecular formula is C19H30N2O5S. The molecule has 0 unspecified atom stereocenters. The normalized spacial score (nSPS) is 16.1. The molecule has 0 aliphatic heterocycles. The Morgan fingerprint density at radius 1 is 1.26 bits per heavy atom. The van der Waals surface area contributed by atoms with E-state index < -0.39 is 16.1 Å². The Morgan fingerprint density at radius 2 is 1.89 bits per heavy atom. The van der Waals surface area contributed by atoms with E-state index in [-0.39, 0.29) is 5.91 Å². The lowest BCUT2D eigenvalue weighted by Crippen LogP contribution is -2.37. The molecule has 1 aromatic rings. The van der Waals surface area contributed by atoms with Gasteiger partial charge in [0.05, 0.1) is 18.0 Å². The minimum atomic E-state index is -3.31. The van der Waals surface area contributed by atoms with Gasteiger partial charge < -0.3 is 14.8 Å². The third kappa shape index (κ3) is 7.03. The smallest absolute Gasteiger partial charge is 0.260 e. The van der Waals surface area contributed by atoms with Gasteiger partial charge in [-0.15, -0.1) is 0 Å². The van der Waals surface area contributed by atoms with Crippen LogP contribution in [0.3, 0.4) is 0 Å². The second-order valence-electron chi connectivity index (χ2n) is 6.91. The van der Waals surface area contributed by atoms with Crippen molar-refractivity contribution in [3.63, 3.8) is 0 Å². The maximum absolute atomic E-state index is 12.1. The molecule has 0 bridgehead atoms. The molecule has 2 rings (SSSR count). The van der Waals surface area contributed by atoms with Crippen molar-refractivity contribution in [2.45, 2.75) is 51.2 Å². The summed E-state index contributed by atoms with van der Waals surface area (Å²) in [6.07, 6.45) is 6.48. The molecule has 8 heteroatoms. The van der Waals surface area contributed by atoms with Crippen LogP contribution in [0.15, 0.2) is 24.3 Å². The van der Waals surface area contributed by atoms with Gasteiger partial charge >= 0.3 is 0 Å². The standard InChI is InChI=1S/C19H30N2O5S/c1-15(19(22)20-13-6-14-25-17-7-4-5-8-17)26-18-11-9-16(10-12-18)21(2)27(3,23)24/h9-12,15,17H,4-8,13-14H2,1-3H3,(H,20,22)/t15-/m0/s1. The lowest BCUT2D eigenvalue weighted by molar-refractivity contribution is -0.127. The van der Waals surface area contributed by atoms with Crippen molar-refractivity contribution in [1.29, 1.82) is 0 Å². The van der Waals surface area contributed by atoms with Crippen LogP contribution in [-0.2, 0) is 19.6 Å². The van der Waals surface area contributed by atoms with Crippen molar-refractivity contribution in [2.75, 3.05) is 30.8 Å². The average Bonchev–Trinajstić information content (AvgIpc) is 3.14. The summed E-state index contributed by atoms with van der Waals surface area (Å²) < 4.78 is 35.6. The Balaban J connectivity index is 1.70. The summed E-state index contributed by atoms with van der Waals surface area (Å²) in [5.41, 5.74) is 0.532. The second kappa shape index (κ2) is 9.94. The van der Waals surface area contributed by atoms with Crippen LogP contribution in [0.25, 0.3) is 0 Å². The Labute approximate surface area is 162 Å². The Hall–Kier alpha value is -1.80. The largest absolute Gasteiger partial charge is 0.481 e. The first-order valence-electron chi connectivity index (χ1n) is 9.37. The van der Waals surface area contributed by atoms with E-state index in [1.807, 2.05) is 0 Å². The van der Waals surface area contributed by atoms with Crippen LogP contribution in [0.4, 0.5) is 5.69 Å². The van der Waals surface area contributed by atoms with E-state index in [0.717, 1.165) is 25.5 Å². The SMILES string of the molecule is C[C@H](Oc1ccc(N(C)S(C)(=O)=O)cc1)C(=O)NCCCOC1CCCC1. The van der Waals surface area contributed by atoms with Crippen molar-refractivity contribution < 1.29 is 22.7 Å². The summed E-state index contributed by atoms with van der Waals surface area (Å²) in [6, 6.07) is 6.58. The zero-order valence-corrected chi connectivity index (χ0v) is 17.1. The summed E-state index contributed by atoms with van der Waals surface area (Å²) in [5, 5.41) is 2.85. The molecule has 1 amide bonds. The molecule has 0 heterocycles. The predicted molar refractivity (Wildman–Crippen MR) is 106 cm³/mol. The zero-order valence-electron chi connectivity index (χ0n) is 16.3. The lowest BCUT2D eigenvalue weighted by Gasteiger charge is -2.18. The number of hydrogen-bond donors (Lipinski definition) is 1. The average molecular weight is 399 g/mol. The number of carbonyl (C=O) groups excluding carboxylic acids is 1. The van der Waals surface area contributed by atoms with Crippen LogP contribution < -0.4 is 14.4 Å². The van der Waals surface area contributed by atoms with Crippen molar-refractivity contribution in [1.82, 2.24) is 5.32 Å². The molecule has 27 heavy (non-hydrogen) atoms. The number of nitrogens with one attached hydrogen (secondary N) is 1. The Bertz CT molecular complexity index is 699. The van der Waals surface area contributed by atoms with Crippen molar-refractivity contribution in [3.05, 3.63) is 24.3 Å². The molecule has 0 radical (unpaired) electrons. The summed E-state index contributed by atoms with van der Waals surface area (Å²) in [7, 11) is -1.82. The van der Waals surface area contributed by atoms with Crippen LogP contribution >= 0.6 is 0 Å². The molecule has 0 saturated heterocycles. The minimum absolute atomic E-state index is 0.187. The Kier molecular flexibility index (Phi) is 7.91. The molecule has 1 aromatic carbocycles. The highest BCUT2D eigenvalue weighted by Gasteiger charge is 2.17. The van der Waals surface area contributed by atoms with Crippen molar-refractivity contribution in [3.8, 4) is 5.75 Å². The fraction of sp³-hybridized carbons (Fsp3) is 0.632. The fourth-order valence-electron chi connectivity index (χ4n) is 2.92. The van der Waals surface area contributed by atoms with Gasteiger partial charge in [0.1, 0.15) is 5.75 Å². The monoisotopic (exact) mass is 398 g/mol. The van der Waals surface area contributed by atoms with Crippen LogP contribution in [-0.4, -0.2) is 53.0 Å². The first kappa shape index (κ1) is 21.5. The number of benzene rings is 1. The van der Waals surface area contributed by atoms with Gasteiger partial charge in [0.15, 0.2) is 6.10 Å². The highest BCUT2D eigenvalue weighted by Crippen LogP contribution is 2.21. The van der Waals surface area contributed by atoms with Crippen LogP contribution in [0.1, 0.15) is 39.0 Å². The Morgan fingerprint density at radius 3 is 2.48 bits per heavy atom. The molecular weight excluding hydrogens is 368 g/mol. The van der Waals surface area contributed by atoms with Gasteiger partial charge in [-0.1, -0.05) is 12.8 Å². The van der Waals surface area contributed by atoms with Gasteiger partial charge in [-0.05, 0) is 50.5 Å². The molecule has 0 aromatic heterocycles. The topological polar surface area (TPSA) is 84.9 Å². The van der Waals surface area contributed by atoms with E-state index >= 15 is 0 Å². The molecule has 1 saturated carbocycles. The van der Waals surface area contributed by atoms with Gasteiger partial charge in [0.25, 0.3) is 5.91 Å². The summed E-state index contributed by atoms with van der Waals surface area (Å²) in [5.74, 6) is 0.320. The zero-order chi connectivity index (χ0) is 19.9. The number of hydrogen-bond acceptors (Lipinski definition) is 5. The third-order valence-electron chi connectivity index (χ3n) is 4.66. The molecule has 152 valence electrons. The quantitative estimate of drug-likeness (QED) is 0.612. The minimum Gasteiger partial charge on any atom is -0.481 e. The van der Waals surface area contributed by atoms with Crippen LogP contribution in [0.2, 0.25) is 0 Å². The van der Waals surface area contributed by atoms with E-state index in [0.29, 0.717) is 30.7 Å². The highest BCUT2D eigenvalue weighted by atomic mass is 32.2. The maximum atomic E-state index is 12.1.